The Morgan fingerprint density at radius 3 is 2.39 bits per heavy atom. The average molecular weight is 598 g/mol. The van der Waals surface area contributed by atoms with Crippen molar-refractivity contribution < 1.29 is 19.4 Å². The zero-order valence-corrected chi connectivity index (χ0v) is 22.3. The Morgan fingerprint density at radius 2 is 1.75 bits per heavy atom. The van der Waals surface area contributed by atoms with E-state index in [4.69, 9.17) is 4.74 Å². The first kappa shape index (κ1) is 26.7. The van der Waals surface area contributed by atoms with Crippen molar-refractivity contribution in [3.63, 3.8) is 0 Å². The fourth-order valence-corrected chi connectivity index (χ4v) is 3.76. The Bertz CT molecular complexity index is 1270. The van der Waals surface area contributed by atoms with Gasteiger partial charge in [0.1, 0.15) is 5.70 Å². The van der Waals surface area contributed by atoms with Crippen LogP contribution in [0.25, 0.3) is 6.08 Å². The molecule has 0 heterocycles. The molecule has 3 N–H and O–H groups in total. The molecule has 0 bridgehead atoms. The first-order valence-electron chi connectivity index (χ1n) is 11.1. The number of nitrogens with zero attached hydrogens (tertiary/aromatic N) is 2. The number of ether oxygens (including phenoxy) is 1. The van der Waals surface area contributed by atoms with E-state index in [1.165, 1.54) is 6.21 Å². The third kappa shape index (κ3) is 7.32. The number of phenols is 1. The van der Waals surface area contributed by atoms with Gasteiger partial charge >= 0.3 is 0 Å². The number of hydrazone groups is 1. The summed E-state index contributed by atoms with van der Waals surface area (Å²) < 4.78 is 6.02. The smallest absolute Gasteiger partial charge is 0.287 e. The minimum Gasteiger partial charge on any atom is -0.504 e. The lowest BCUT2D eigenvalue weighted by Crippen LogP contribution is -2.32. The second-order valence-corrected chi connectivity index (χ2v) is 9.01. The Balaban J connectivity index is 1.83. The van der Waals surface area contributed by atoms with Crippen molar-refractivity contribution in [1.29, 1.82) is 0 Å². The normalized spacial score (nSPS) is 11.3. The number of anilines is 1. The van der Waals surface area contributed by atoms with Gasteiger partial charge in [-0.2, -0.15) is 5.10 Å². The van der Waals surface area contributed by atoms with Gasteiger partial charge in [-0.25, -0.2) is 5.43 Å². The van der Waals surface area contributed by atoms with E-state index in [9.17, 15) is 14.7 Å². The highest BCUT2D eigenvalue weighted by atomic mass is 127. The number of amides is 2. The predicted molar refractivity (Wildman–Crippen MR) is 150 cm³/mol. The van der Waals surface area contributed by atoms with Crippen LogP contribution in [0.1, 0.15) is 28.4 Å². The van der Waals surface area contributed by atoms with E-state index in [0.717, 1.165) is 11.3 Å². The van der Waals surface area contributed by atoms with E-state index in [0.29, 0.717) is 27.1 Å². The number of rotatable bonds is 9. The summed E-state index contributed by atoms with van der Waals surface area (Å²) in [6.07, 6.45) is 3.02. The van der Waals surface area contributed by atoms with Crippen LogP contribution in [-0.2, 0) is 4.79 Å². The minimum absolute atomic E-state index is 0.0360. The molecule has 9 heteroatoms. The fourth-order valence-electron chi connectivity index (χ4n) is 3.14. The molecule has 36 heavy (non-hydrogen) atoms. The van der Waals surface area contributed by atoms with Crippen LogP contribution in [0.4, 0.5) is 5.69 Å². The number of halogens is 1. The van der Waals surface area contributed by atoms with Crippen molar-refractivity contribution in [2.75, 3.05) is 25.6 Å². The van der Waals surface area contributed by atoms with Gasteiger partial charge in [-0.3, -0.25) is 9.59 Å². The molecule has 0 aliphatic carbocycles. The van der Waals surface area contributed by atoms with Crippen molar-refractivity contribution in [3.05, 3.63) is 92.7 Å². The topological polar surface area (TPSA) is 103 Å². The Kier molecular flexibility index (Phi) is 9.46. The molecule has 3 aromatic carbocycles. The molecule has 0 saturated heterocycles. The highest BCUT2D eigenvalue weighted by molar-refractivity contribution is 14.1. The van der Waals surface area contributed by atoms with E-state index in [-0.39, 0.29) is 11.4 Å². The van der Waals surface area contributed by atoms with Crippen LogP contribution in [0.5, 0.6) is 11.5 Å². The standard InChI is InChI=1S/C27H27IN4O4/c1-4-36-24-16-19(14-22(28)25(24)33)17-29-31-27(35)23(30-26(34)20-8-6-5-7-9-20)15-18-10-12-21(13-11-18)32(2)3/h5-17,33H,4H2,1-3H3,(H,30,34)(H,31,35)/b23-15+,29-17-. The first-order chi connectivity index (χ1) is 17.3. The van der Waals surface area contributed by atoms with Gasteiger partial charge in [0.05, 0.1) is 16.4 Å². The van der Waals surface area contributed by atoms with Gasteiger partial charge in [0.25, 0.3) is 11.8 Å². The summed E-state index contributed by atoms with van der Waals surface area (Å²) in [5.74, 6) is -0.632. The molecule has 186 valence electrons. The SMILES string of the molecule is CCOc1cc(/C=N\NC(=O)/C(=C\c2ccc(N(C)C)cc2)NC(=O)c2ccccc2)cc(I)c1O. The Morgan fingerprint density at radius 1 is 1.06 bits per heavy atom. The van der Waals surface area contributed by atoms with E-state index < -0.39 is 11.8 Å². The van der Waals surface area contributed by atoms with Crippen LogP contribution in [0.2, 0.25) is 0 Å². The zero-order chi connectivity index (χ0) is 26.1. The quantitative estimate of drug-likeness (QED) is 0.147. The molecule has 2 amide bonds. The molecule has 0 unspecified atom stereocenters. The van der Waals surface area contributed by atoms with E-state index in [1.807, 2.05) is 78.8 Å². The highest BCUT2D eigenvalue weighted by Crippen LogP contribution is 2.32. The number of hydrogen-bond donors (Lipinski definition) is 3. The third-order valence-electron chi connectivity index (χ3n) is 4.98. The van der Waals surface area contributed by atoms with Gasteiger partial charge in [-0.1, -0.05) is 30.3 Å². The van der Waals surface area contributed by atoms with E-state index in [1.54, 1.807) is 42.5 Å². The molecular weight excluding hydrogens is 571 g/mol. The minimum atomic E-state index is -0.592. The second-order valence-electron chi connectivity index (χ2n) is 7.85. The number of benzene rings is 3. The Labute approximate surface area is 223 Å². The maximum atomic E-state index is 13.0. The molecule has 0 aliphatic rings. The molecule has 0 spiro atoms. The molecule has 0 saturated carbocycles. The lowest BCUT2D eigenvalue weighted by molar-refractivity contribution is -0.117. The van der Waals surface area contributed by atoms with E-state index in [2.05, 4.69) is 15.8 Å². The van der Waals surface area contributed by atoms with Crippen molar-refractivity contribution in [3.8, 4) is 11.5 Å². The zero-order valence-electron chi connectivity index (χ0n) is 20.2. The molecule has 3 rings (SSSR count). The highest BCUT2D eigenvalue weighted by Gasteiger charge is 2.15. The summed E-state index contributed by atoms with van der Waals surface area (Å²) >= 11 is 1.99. The van der Waals surface area contributed by atoms with Crippen LogP contribution in [0.15, 0.2) is 77.5 Å². The van der Waals surface area contributed by atoms with Crippen LogP contribution in [-0.4, -0.2) is 43.8 Å². The number of hydrogen-bond acceptors (Lipinski definition) is 6. The summed E-state index contributed by atoms with van der Waals surface area (Å²) in [6.45, 7) is 2.21. The molecule has 0 aromatic heterocycles. The largest absolute Gasteiger partial charge is 0.504 e. The average Bonchev–Trinajstić information content (AvgIpc) is 2.87. The van der Waals surface area contributed by atoms with E-state index >= 15 is 0 Å². The monoisotopic (exact) mass is 598 g/mol. The van der Waals surface area contributed by atoms with Gasteiger partial charge < -0.3 is 20.1 Å². The lowest BCUT2D eigenvalue weighted by atomic mass is 10.1. The summed E-state index contributed by atoms with van der Waals surface area (Å²) in [7, 11) is 3.88. The molecular formula is C27H27IN4O4. The molecule has 3 aromatic rings. The third-order valence-corrected chi connectivity index (χ3v) is 5.80. The molecule has 0 radical (unpaired) electrons. The Hall–Kier alpha value is -3.86. The summed E-state index contributed by atoms with van der Waals surface area (Å²) in [6, 6.07) is 19.5. The van der Waals surface area contributed by atoms with Crippen molar-refractivity contribution in [2.45, 2.75) is 6.92 Å². The van der Waals surface area contributed by atoms with Gasteiger partial charge in [-0.15, -0.1) is 0 Å². The van der Waals surface area contributed by atoms with Gasteiger partial charge in [0.2, 0.25) is 0 Å². The number of nitrogens with one attached hydrogen (secondary N) is 2. The van der Waals surface area contributed by atoms with Crippen LogP contribution >= 0.6 is 22.6 Å². The van der Waals surface area contributed by atoms with Gasteiger partial charge in [-0.05, 0) is 83.1 Å². The number of carbonyl (C=O) groups excluding carboxylic acids is 2. The van der Waals surface area contributed by atoms with Crippen LogP contribution in [0.3, 0.4) is 0 Å². The van der Waals surface area contributed by atoms with Gasteiger partial charge in [0, 0.05) is 25.3 Å². The molecule has 0 atom stereocenters. The number of phenolic OH excluding ortho intramolecular Hbond substituents is 1. The van der Waals surface area contributed by atoms with Crippen molar-refractivity contribution in [2.24, 2.45) is 5.10 Å². The van der Waals surface area contributed by atoms with Crippen molar-refractivity contribution >= 4 is 52.4 Å². The maximum Gasteiger partial charge on any atom is 0.287 e. The fraction of sp³-hybridized carbons (Fsp3) is 0.148. The maximum absolute atomic E-state index is 13.0. The molecule has 0 fully saturated rings. The molecule has 8 nitrogen and oxygen atoms in total. The van der Waals surface area contributed by atoms with Gasteiger partial charge in [0.15, 0.2) is 11.5 Å². The summed E-state index contributed by atoms with van der Waals surface area (Å²) in [5, 5.41) is 16.8. The lowest BCUT2D eigenvalue weighted by Gasteiger charge is -2.13. The predicted octanol–water partition coefficient (Wildman–Crippen LogP) is 4.38. The number of carbonyl (C=O) groups is 2. The number of aromatic hydroxyl groups is 1. The molecule has 0 aliphatic heterocycles. The van der Waals surface area contributed by atoms with Crippen LogP contribution < -0.4 is 20.4 Å². The summed E-state index contributed by atoms with van der Waals surface area (Å²) in [4.78, 5) is 27.7. The van der Waals surface area contributed by atoms with Crippen molar-refractivity contribution in [1.82, 2.24) is 10.7 Å². The van der Waals surface area contributed by atoms with Crippen LogP contribution in [0, 0.1) is 3.57 Å². The second kappa shape index (κ2) is 12.7. The first-order valence-corrected chi connectivity index (χ1v) is 12.2. The summed E-state index contributed by atoms with van der Waals surface area (Å²) in [5.41, 5.74) is 5.28.